The normalized spacial score (nSPS) is 18.9. The molecule has 34 heavy (non-hydrogen) atoms. The lowest BCUT2D eigenvalue weighted by molar-refractivity contribution is -0.172. The molecule has 1 N–H and O–H groups in total. The van der Waals surface area contributed by atoms with Gasteiger partial charge in [-0.3, -0.25) is 14.6 Å². The Bertz CT molecular complexity index is 1160. The molecular formula is C24H26N6O4. The van der Waals surface area contributed by atoms with Crippen LogP contribution in [0.2, 0.25) is 0 Å². The number of likely N-dealkylation sites (tertiary alicyclic amines) is 1. The summed E-state index contributed by atoms with van der Waals surface area (Å²) in [6, 6.07) is 7.56. The topological polar surface area (TPSA) is 111 Å². The predicted molar refractivity (Wildman–Crippen MR) is 121 cm³/mol. The quantitative estimate of drug-likeness (QED) is 0.612. The van der Waals surface area contributed by atoms with Crippen molar-refractivity contribution < 1.29 is 19.1 Å². The molecule has 4 heterocycles. The van der Waals surface area contributed by atoms with Crippen LogP contribution in [0.5, 0.6) is 5.75 Å². The summed E-state index contributed by atoms with van der Waals surface area (Å²) in [4.78, 5) is 40.2. The minimum atomic E-state index is -0.719. The van der Waals surface area contributed by atoms with E-state index in [0.717, 1.165) is 17.1 Å². The van der Waals surface area contributed by atoms with E-state index in [-0.39, 0.29) is 11.8 Å². The maximum atomic E-state index is 13.0. The molecule has 2 aliphatic rings. The number of carbonyl (C=O) groups excluding carboxylic acids is 2. The number of aromatic nitrogens is 4. The van der Waals surface area contributed by atoms with Gasteiger partial charge in [0.25, 0.3) is 11.8 Å². The molecule has 3 aromatic rings. The third-order valence-electron chi connectivity index (χ3n) is 6.41. The van der Waals surface area contributed by atoms with Crippen LogP contribution >= 0.6 is 0 Å². The lowest BCUT2D eigenvalue weighted by Crippen LogP contribution is -2.54. The van der Waals surface area contributed by atoms with Crippen molar-refractivity contribution in [2.45, 2.75) is 37.6 Å². The highest BCUT2D eigenvalue weighted by Crippen LogP contribution is 2.40. The zero-order valence-electron chi connectivity index (χ0n) is 18.9. The zero-order chi connectivity index (χ0) is 23.5. The number of hydrogen-bond acceptors (Lipinski definition) is 7. The van der Waals surface area contributed by atoms with E-state index in [4.69, 9.17) is 9.47 Å². The number of fused-ring (bicyclic) bond motifs is 2. The number of rotatable bonds is 5. The molecule has 176 valence electrons. The zero-order valence-corrected chi connectivity index (χ0v) is 18.9. The van der Waals surface area contributed by atoms with Crippen LogP contribution in [0.4, 0.5) is 0 Å². The molecule has 0 aliphatic carbocycles. The average Bonchev–Trinajstić information content (AvgIpc) is 3.38. The van der Waals surface area contributed by atoms with Crippen LogP contribution < -0.4 is 10.1 Å². The van der Waals surface area contributed by atoms with Gasteiger partial charge in [-0.15, -0.1) is 0 Å². The van der Waals surface area contributed by atoms with Crippen LogP contribution in [0, 0.1) is 0 Å². The van der Waals surface area contributed by atoms with Gasteiger partial charge in [0.1, 0.15) is 22.9 Å². The monoisotopic (exact) mass is 462 g/mol. The summed E-state index contributed by atoms with van der Waals surface area (Å²) >= 11 is 0. The minimum Gasteiger partial charge on any atom is -0.497 e. The second kappa shape index (κ2) is 9.22. The molecular weight excluding hydrogens is 436 g/mol. The maximum absolute atomic E-state index is 13.0. The Kier molecular flexibility index (Phi) is 5.97. The van der Waals surface area contributed by atoms with E-state index >= 15 is 0 Å². The van der Waals surface area contributed by atoms with Gasteiger partial charge in [0.05, 0.1) is 19.9 Å². The molecule has 1 unspecified atom stereocenters. The number of hydrogen-bond donors (Lipinski definition) is 1. The number of imidazole rings is 1. The van der Waals surface area contributed by atoms with Crippen LogP contribution in [0.3, 0.4) is 0 Å². The Labute approximate surface area is 196 Å². The molecule has 1 spiro atoms. The summed E-state index contributed by atoms with van der Waals surface area (Å²) in [5.74, 6) is 1.24. The number of ether oxygens (including phenoxy) is 2. The molecule has 5 rings (SSSR count). The summed E-state index contributed by atoms with van der Waals surface area (Å²) in [5.41, 5.74) is 0.572. The van der Waals surface area contributed by atoms with Crippen LogP contribution in [0.1, 0.15) is 34.7 Å². The van der Waals surface area contributed by atoms with Gasteiger partial charge >= 0.3 is 0 Å². The molecule has 2 amide bonds. The van der Waals surface area contributed by atoms with Crippen molar-refractivity contribution in [2.24, 2.45) is 0 Å². The van der Waals surface area contributed by atoms with Crippen molar-refractivity contribution >= 4 is 11.8 Å². The Morgan fingerprint density at radius 1 is 1.15 bits per heavy atom. The number of methoxy groups -OCH3 is 1. The van der Waals surface area contributed by atoms with Crippen LogP contribution in [0.25, 0.3) is 0 Å². The third-order valence-corrected chi connectivity index (χ3v) is 6.41. The van der Waals surface area contributed by atoms with Crippen LogP contribution in [0.15, 0.2) is 55.2 Å². The molecule has 1 fully saturated rings. The molecule has 1 aromatic carbocycles. The fourth-order valence-electron chi connectivity index (χ4n) is 4.56. The first-order chi connectivity index (χ1) is 16.6. The highest BCUT2D eigenvalue weighted by atomic mass is 16.5. The molecule has 1 saturated heterocycles. The molecule has 10 nitrogen and oxygen atoms in total. The predicted octanol–water partition coefficient (Wildman–Crippen LogP) is 1.53. The van der Waals surface area contributed by atoms with Gasteiger partial charge in [-0.25, -0.2) is 9.97 Å². The summed E-state index contributed by atoms with van der Waals surface area (Å²) < 4.78 is 13.6. The number of carbonyl (C=O) groups is 2. The smallest absolute Gasteiger partial charge is 0.274 e. The maximum Gasteiger partial charge on any atom is 0.274 e. The number of benzene rings is 1. The Balaban J connectivity index is 1.26. The number of amides is 2. The molecule has 2 aliphatic heterocycles. The number of nitrogens with one attached hydrogen (secondary N) is 1. The second-order valence-electron chi connectivity index (χ2n) is 8.45. The number of nitrogens with zero attached hydrogens (tertiary/aromatic N) is 5. The lowest BCUT2D eigenvalue weighted by Gasteiger charge is -2.45. The van der Waals surface area contributed by atoms with Gasteiger partial charge in [-0.05, 0) is 17.7 Å². The average molecular weight is 463 g/mol. The van der Waals surface area contributed by atoms with Gasteiger partial charge in [0.15, 0.2) is 6.10 Å². The summed E-state index contributed by atoms with van der Waals surface area (Å²) in [6.07, 6.45) is 8.56. The van der Waals surface area contributed by atoms with Crippen LogP contribution in [-0.2, 0) is 28.2 Å². The third kappa shape index (κ3) is 4.24. The fraction of sp³-hybridized carbons (Fsp3) is 0.375. The second-order valence-corrected chi connectivity index (χ2v) is 8.45. The SMILES string of the molecule is COc1ccc(CNC(=O)C2Cn3ccnc3C3(CCN(C(=O)c4cnccn4)CC3)O2)cc1. The van der Waals surface area contributed by atoms with Crippen LogP contribution in [-0.4, -0.2) is 62.5 Å². The van der Waals surface area contributed by atoms with Crippen molar-refractivity contribution in [3.8, 4) is 5.75 Å². The van der Waals surface area contributed by atoms with E-state index in [0.29, 0.717) is 44.7 Å². The van der Waals surface area contributed by atoms with E-state index in [1.165, 1.54) is 18.6 Å². The van der Waals surface area contributed by atoms with Crippen molar-refractivity contribution in [3.63, 3.8) is 0 Å². The van der Waals surface area contributed by atoms with Gasteiger partial charge in [0.2, 0.25) is 0 Å². The van der Waals surface area contributed by atoms with Crippen molar-refractivity contribution in [1.29, 1.82) is 0 Å². The van der Waals surface area contributed by atoms with Crippen molar-refractivity contribution in [1.82, 2.24) is 29.7 Å². The summed E-state index contributed by atoms with van der Waals surface area (Å²) in [5, 5.41) is 2.98. The lowest BCUT2D eigenvalue weighted by atomic mass is 9.88. The highest BCUT2D eigenvalue weighted by Gasteiger charge is 2.47. The van der Waals surface area contributed by atoms with E-state index < -0.39 is 11.7 Å². The van der Waals surface area contributed by atoms with E-state index in [2.05, 4.69) is 20.3 Å². The van der Waals surface area contributed by atoms with E-state index in [1.54, 1.807) is 18.2 Å². The first kappa shape index (κ1) is 22.0. The Morgan fingerprint density at radius 2 is 1.94 bits per heavy atom. The number of piperidine rings is 1. The van der Waals surface area contributed by atoms with E-state index in [1.807, 2.05) is 35.0 Å². The first-order valence-electron chi connectivity index (χ1n) is 11.2. The highest BCUT2D eigenvalue weighted by molar-refractivity contribution is 5.92. The molecule has 10 heteroatoms. The Morgan fingerprint density at radius 3 is 2.65 bits per heavy atom. The molecule has 0 bridgehead atoms. The van der Waals surface area contributed by atoms with Gasteiger partial charge in [-0.1, -0.05) is 12.1 Å². The fourth-order valence-corrected chi connectivity index (χ4v) is 4.56. The largest absolute Gasteiger partial charge is 0.497 e. The van der Waals surface area contributed by atoms with Crippen molar-refractivity contribution in [3.05, 3.63) is 72.3 Å². The minimum absolute atomic E-state index is 0.157. The molecule has 1 atom stereocenters. The Hall–Kier alpha value is -3.79. The van der Waals surface area contributed by atoms with Gasteiger partial charge < -0.3 is 24.3 Å². The molecule has 2 aromatic heterocycles. The first-order valence-corrected chi connectivity index (χ1v) is 11.2. The van der Waals surface area contributed by atoms with E-state index in [9.17, 15) is 9.59 Å². The molecule has 0 radical (unpaired) electrons. The van der Waals surface area contributed by atoms with Gasteiger partial charge in [-0.2, -0.15) is 0 Å². The van der Waals surface area contributed by atoms with Crippen molar-refractivity contribution in [2.75, 3.05) is 20.2 Å². The molecule has 0 saturated carbocycles. The van der Waals surface area contributed by atoms with Gasteiger partial charge in [0, 0.05) is 57.3 Å². The summed E-state index contributed by atoms with van der Waals surface area (Å²) in [6.45, 7) is 1.74. The standard InChI is InChI=1S/C24H26N6O4/c1-33-18-4-2-17(3-5-18)14-28-21(31)20-16-30-13-10-27-23(30)24(34-20)6-11-29(12-7-24)22(32)19-15-25-8-9-26-19/h2-5,8-10,13,15,20H,6-7,11-12,14,16H2,1H3,(H,28,31). The summed E-state index contributed by atoms with van der Waals surface area (Å²) in [7, 11) is 1.62.